The summed E-state index contributed by atoms with van der Waals surface area (Å²) in [6.07, 6.45) is 2.39. The van der Waals surface area contributed by atoms with E-state index in [4.69, 9.17) is 4.74 Å². The molecule has 3 aromatic carbocycles. The number of aromatic nitrogens is 1. The number of ether oxygens (including phenoxy) is 1. The molecular formula is C25H23N3O4S. The zero-order chi connectivity index (χ0) is 23.3. The minimum absolute atomic E-state index is 0.0479. The van der Waals surface area contributed by atoms with Crippen LogP contribution in [0.5, 0.6) is 5.75 Å². The lowest BCUT2D eigenvalue weighted by Gasteiger charge is -2.12. The molecule has 0 fully saturated rings. The first-order valence-corrected chi connectivity index (χ1v) is 11.8. The topological polar surface area (TPSA) is 97.4 Å². The van der Waals surface area contributed by atoms with Crippen molar-refractivity contribution >= 4 is 32.5 Å². The first-order valence-electron chi connectivity index (χ1n) is 10.3. The molecule has 8 heteroatoms. The van der Waals surface area contributed by atoms with Gasteiger partial charge in [0.1, 0.15) is 5.75 Å². The van der Waals surface area contributed by atoms with Gasteiger partial charge in [0.15, 0.2) is 0 Å². The Labute approximate surface area is 192 Å². The van der Waals surface area contributed by atoms with Gasteiger partial charge in [-0.2, -0.15) is 0 Å². The number of nitrogens with zero attached hydrogens (tertiary/aromatic N) is 1. The molecule has 0 unspecified atom stereocenters. The van der Waals surface area contributed by atoms with E-state index in [9.17, 15) is 13.2 Å². The number of amides is 1. The first-order chi connectivity index (χ1) is 16.0. The second-order valence-corrected chi connectivity index (χ2v) is 9.01. The van der Waals surface area contributed by atoms with E-state index in [1.165, 1.54) is 31.4 Å². The van der Waals surface area contributed by atoms with E-state index in [1.807, 2.05) is 30.3 Å². The number of pyridine rings is 1. The predicted octanol–water partition coefficient (Wildman–Crippen LogP) is 4.02. The van der Waals surface area contributed by atoms with Crippen molar-refractivity contribution < 1.29 is 17.9 Å². The van der Waals surface area contributed by atoms with Crippen molar-refractivity contribution in [3.8, 4) is 5.75 Å². The van der Waals surface area contributed by atoms with Crippen LogP contribution in [0, 0.1) is 0 Å². The van der Waals surface area contributed by atoms with Crippen LogP contribution in [0.1, 0.15) is 15.9 Å². The lowest BCUT2D eigenvalue weighted by atomic mass is 10.1. The second kappa shape index (κ2) is 9.70. The highest BCUT2D eigenvalue weighted by Crippen LogP contribution is 2.26. The summed E-state index contributed by atoms with van der Waals surface area (Å²) in [4.78, 5) is 17.0. The number of nitrogens with one attached hydrogen (secondary N) is 2. The fourth-order valence-electron chi connectivity index (χ4n) is 3.50. The molecule has 4 rings (SSSR count). The quantitative estimate of drug-likeness (QED) is 0.413. The summed E-state index contributed by atoms with van der Waals surface area (Å²) in [5.41, 5.74) is 2.69. The van der Waals surface area contributed by atoms with Crippen LogP contribution < -0.4 is 14.8 Å². The number of fused-ring (bicyclic) bond motifs is 1. The molecule has 7 nitrogen and oxygen atoms in total. The van der Waals surface area contributed by atoms with Crippen molar-refractivity contribution in [2.24, 2.45) is 0 Å². The van der Waals surface area contributed by atoms with Gasteiger partial charge in [-0.15, -0.1) is 0 Å². The van der Waals surface area contributed by atoms with Gasteiger partial charge in [0.2, 0.25) is 0 Å². The van der Waals surface area contributed by atoms with Crippen LogP contribution in [0.2, 0.25) is 0 Å². The number of benzene rings is 3. The lowest BCUT2D eigenvalue weighted by molar-refractivity contribution is 0.0954. The van der Waals surface area contributed by atoms with Crippen molar-refractivity contribution in [3.63, 3.8) is 0 Å². The zero-order valence-corrected chi connectivity index (χ0v) is 18.8. The number of anilines is 1. The van der Waals surface area contributed by atoms with E-state index >= 15 is 0 Å². The van der Waals surface area contributed by atoms with Crippen LogP contribution >= 0.6 is 0 Å². The maximum Gasteiger partial charge on any atom is 0.262 e. The van der Waals surface area contributed by atoms with Crippen molar-refractivity contribution in [1.82, 2.24) is 10.3 Å². The van der Waals surface area contributed by atoms with E-state index < -0.39 is 10.0 Å². The van der Waals surface area contributed by atoms with Crippen molar-refractivity contribution in [3.05, 3.63) is 96.2 Å². The summed E-state index contributed by atoms with van der Waals surface area (Å²) in [7, 11) is -2.36. The van der Waals surface area contributed by atoms with E-state index in [0.29, 0.717) is 30.0 Å². The lowest BCUT2D eigenvalue weighted by Crippen LogP contribution is -2.25. The molecule has 168 valence electrons. The number of methoxy groups -OCH3 is 1. The van der Waals surface area contributed by atoms with Crippen LogP contribution in [0.25, 0.3) is 10.9 Å². The summed E-state index contributed by atoms with van der Waals surface area (Å²) >= 11 is 0. The normalized spacial score (nSPS) is 11.2. The molecule has 0 spiro atoms. The third-order valence-electron chi connectivity index (χ3n) is 5.17. The molecule has 0 aliphatic rings. The van der Waals surface area contributed by atoms with Gasteiger partial charge >= 0.3 is 0 Å². The highest BCUT2D eigenvalue weighted by molar-refractivity contribution is 7.92. The van der Waals surface area contributed by atoms with Gasteiger partial charge in [-0.3, -0.25) is 14.5 Å². The molecule has 0 atom stereocenters. The minimum atomic E-state index is -3.83. The predicted molar refractivity (Wildman–Crippen MR) is 128 cm³/mol. The second-order valence-electron chi connectivity index (χ2n) is 7.33. The molecule has 1 heterocycles. The van der Waals surface area contributed by atoms with E-state index in [2.05, 4.69) is 15.0 Å². The Bertz CT molecular complexity index is 1380. The maximum atomic E-state index is 12.7. The largest absolute Gasteiger partial charge is 0.495 e. The Morgan fingerprint density at radius 2 is 1.70 bits per heavy atom. The van der Waals surface area contributed by atoms with Crippen LogP contribution in [0.4, 0.5) is 5.69 Å². The molecule has 1 aromatic heterocycles. The summed E-state index contributed by atoms with van der Waals surface area (Å²) in [5.74, 6) is 0.142. The Morgan fingerprint density at radius 1 is 0.939 bits per heavy atom. The minimum Gasteiger partial charge on any atom is -0.495 e. The number of hydrogen-bond donors (Lipinski definition) is 2. The molecule has 2 N–H and O–H groups in total. The SMILES string of the molecule is COc1ccccc1NS(=O)(=O)c1ccc(C(=O)NCCc2cccc3cccnc23)cc1. The molecule has 33 heavy (non-hydrogen) atoms. The number of sulfonamides is 1. The van der Waals surface area contributed by atoms with Gasteiger partial charge in [0, 0.05) is 23.7 Å². The van der Waals surface area contributed by atoms with Crippen LogP contribution in [-0.4, -0.2) is 33.0 Å². The average molecular weight is 462 g/mol. The number of carbonyl (C=O) groups is 1. The van der Waals surface area contributed by atoms with Crippen LogP contribution in [-0.2, 0) is 16.4 Å². The number of carbonyl (C=O) groups excluding carboxylic acids is 1. The number of para-hydroxylation sites is 3. The van der Waals surface area contributed by atoms with E-state index in [1.54, 1.807) is 30.5 Å². The summed E-state index contributed by atoms with van der Waals surface area (Å²) in [6.45, 7) is 0.434. The first kappa shape index (κ1) is 22.3. The molecule has 0 radical (unpaired) electrons. The highest BCUT2D eigenvalue weighted by atomic mass is 32.2. The molecule has 0 saturated heterocycles. The molecule has 0 bridgehead atoms. The molecule has 4 aromatic rings. The van der Waals surface area contributed by atoms with Crippen LogP contribution in [0.3, 0.4) is 0 Å². The maximum absolute atomic E-state index is 12.7. The van der Waals surface area contributed by atoms with Gasteiger partial charge in [0.25, 0.3) is 15.9 Å². The van der Waals surface area contributed by atoms with Crippen molar-refractivity contribution in [1.29, 1.82) is 0 Å². The highest BCUT2D eigenvalue weighted by Gasteiger charge is 2.17. The molecule has 0 saturated carbocycles. The third-order valence-corrected chi connectivity index (χ3v) is 6.56. The zero-order valence-electron chi connectivity index (χ0n) is 18.0. The molecule has 0 aliphatic heterocycles. The Balaban J connectivity index is 1.39. The third kappa shape index (κ3) is 5.12. The summed E-state index contributed by atoms with van der Waals surface area (Å²) in [6, 6.07) is 22.4. The van der Waals surface area contributed by atoms with E-state index in [-0.39, 0.29) is 10.8 Å². The van der Waals surface area contributed by atoms with E-state index in [0.717, 1.165) is 16.5 Å². The summed E-state index contributed by atoms with van der Waals surface area (Å²) in [5, 5.41) is 3.93. The van der Waals surface area contributed by atoms with Gasteiger partial charge in [0.05, 0.1) is 23.2 Å². The Morgan fingerprint density at radius 3 is 2.48 bits per heavy atom. The molecular weight excluding hydrogens is 438 g/mol. The number of rotatable bonds is 8. The van der Waals surface area contributed by atoms with Gasteiger partial charge in [-0.05, 0) is 54.4 Å². The molecule has 0 aliphatic carbocycles. The fourth-order valence-corrected chi connectivity index (χ4v) is 4.57. The Kier molecular flexibility index (Phi) is 6.55. The van der Waals surface area contributed by atoms with Crippen molar-refractivity contribution in [2.45, 2.75) is 11.3 Å². The molecule has 1 amide bonds. The van der Waals surface area contributed by atoms with Gasteiger partial charge in [-0.25, -0.2) is 8.42 Å². The Hall–Kier alpha value is -3.91. The monoisotopic (exact) mass is 461 g/mol. The smallest absolute Gasteiger partial charge is 0.262 e. The summed E-state index contributed by atoms with van der Waals surface area (Å²) < 4.78 is 33.1. The average Bonchev–Trinajstić information content (AvgIpc) is 2.84. The standard InChI is InChI=1S/C25H23N3O4S/c1-32-23-10-3-2-9-22(23)28-33(30,31)21-13-11-20(12-14-21)25(29)27-17-15-19-7-4-6-18-8-5-16-26-24(18)19/h2-14,16,28H,15,17H2,1H3,(H,27,29). The van der Waals surface area contributed by atoms with Gasteiger partial charge < -0.3 is 10.1 Å². The van der Waals surface area contributed by atoms with Crippen LogP contribution in [0.15, 0.2) is 90.0 Å². The number of hydrogen-bond acceptors (Lipinski definition) is 5. The van der Waals surface area contributed by atoms with Crippen molar-refractivity contribution in [2.75, 3.05) is 18.4 Å². The van der Waals surface area contributed by atoms with Gasteiger partial charge in [-0.1, -0.05) is 36.4 Å². The fraction of sp³-hybridized carbons (Fsp3) is 0.120.